The van der Waals surface area contributed by atoms with Gasteiger partial charge in [0.05, 0.1) is 0 Å². The Balaban J connectivity index is 1.99. The van der Waals surface area contributed by atoms with Gasteiger partial charge in [-0.25, -0.2) is 0 Å². The summed E-state index contributed by atoms with van der Waals surface area (Å²) < 4.78 is 0. The van der Waals surface area contributed by atoms with E-state index in [4.69, 9.17) is 5.73 Å². The van der Waals surface area contributed by atoms with E-state index in [1.54, 1.807) is 0 Å². The highest BCUT2D eigenvalue weighted by atomic mass is 16.2. The van der Waals surface area contributed by atoms with E-state index in [0.717, 1.165) is 25.9 Å². The zero-order valence-corrected chi connectivity index (χ0v) is 12.1. The highest BCUT2D eigenvalue weighted by molar-refractivity contribution is 5.80. The van der Waals surface area contributed by atoms with E-state index in [0.29, 0.717) is 11.8 Å². The molecule has 1 aliphatic carbocycles. The number of carbonyl (C=O) groups is 1. The van der Waals surface area contributed by atoms with E-state index in [2.05, 4.69) is 25.7 Å². The first-order valence-corrected chi connectivity index (χ1v) is 7.46. The van der Waals surface area contributed by atoms with Crippen LogP contribution in [0.15, 0.2) is 0 Å². The van der Waals surface area contributed by atoms with Gasteiger partial charge in [-0.05, 0) is 37.5 Å². The first-order valence-electron chi connectivity index (χ1n) is 7.46. The molecule has 1 saturated carbocycles. The average molecular weight is 252 g/mol. The first kappa shape index (κ1) is 13.9. The van der Waals surface area contributed by atoms with Crippen LogP contribution in [0.5, 0.6) is 0 Å². The summed E-state index contributed by atoms with van der Waals surface area (Å²) in [6.45, 7) is 8.37. The molecule has 0 aromatic carbocycles. The number of likely N-dealkylation sites (tertiary alicyclic amines) is 1. The highest BCUT2D eigenvalue weighted by Gasteiger charge is 2.41. The molecule has 2 fully saturated rings. The van der Waals surface area contributed by atoms with Gasteiger partial charge in [-0.1, -0.05) is 26.7 Å². The lowest BCUT2D eigenvalue weighted by Gasteiger charge is -2.39. The van der Waals surface area contributed by atoms with Crippen LogP contribution in [0, 0.1) is 17.3 Å². The molecule has 0 radical (unpaired) electrons. The van der Waals surface area contributed by atoms with Gasteiger partial charge in [-0.3, -0.25) is 4.79 Å². The maximum Gasteiger partial charge on any atom is 0.226 e. The molecule has 2 N–H and O–H groups in total. The van der Waals surface area contributed by atoms with Gasteiger partial charge in [0, 0.05) is 25.0 Å². The van der Waals surface area contributed by atoms with Crippen LogP contribution in [-0.2, 0) is 4.79 Å². The normalized spacial score (nSPS) is 33.4. The van der Waals surface area contributed by atoms with Crippen LogP contribution in [-0.4, -0.2) is 29.9 Å². The number of amides is 1. The summed E-state index contributed by atoms with van der Waals surface area (Å²) in [7, 11) is 0. The van der Waals surface area contributed by atoms with Crippen LogP contribution in [0.4, 0.5) is 0 Å². The number of nitrogens with two attached hydrogens (primary N) is 1. The van der Waals surface area contributed by atoms with Crippen molar-refractivity contribution in [1.29, 1.82) is 0 Å². The van der Waals surface area contributed by atoms with Crippen molar-refractivity contribution in [2.45, 2.75) is 58.9 Å². The molecule has 1 saturated heterocycles. The van der Waals surface area contributed by atoms with E-state index >= 15 is 0 Å². The third-order valence-corrected chi connectivity index (χ3v) is 5.09. The molecule has 1 aliphatic heterocycles. The van der Waals surface area contributed by atoms with E-state index in [1.165, 1.54) is 19.3 Å². The van der Waals surface area contributed by atoms with Crippen LogP contribution < -0.4 is 5.73 Å². The second kappa shape index (κ2) is 5.20. The lowest BCUT2D eigenvalue weighted by atomic mass is 9.68. The molecule has 3 atom stereocenters. The predicted molar refractivity (Wildman–Crippen MR) is 74.1 cm³/mol. The molecule has 2 rings (SSSR count). The highest BCUT2D eigenvalue weighted by Crippen LogP contribution is 2.42. The van der Waals surface area contributed by atoms with Gasteiger partial charge in [0.2, 0.25) is 5.91 Å². The summed E-state index contributed by atoms with van der Waals surface area (Å²) in [5.41, 5.74) is 6.14. The fourth-order valence-electron chi connectivity index (χ4n) is 3.59. The average Bonchev–Trinajstić information content (AvgIpc) is 2.77. The molecule has 3 nitrogen and oxygen atoms in total. The Bertz CT molecular complexity index is 312. The molecule has 0 aromatic heterocycles. The number of hydrogen-bond donors (Lipinski definition) is 1. The molecule has 0 spiro atoms. The fourth-order valence-corrected chi connectivity index (χ4v) is 3.59. The van der Waals surface area contributed by atoms with Crippen molar-refractivity contribution in [3.05, 3.63) is 0 Å². The third-order valence-electron chi connectivity index (χ3n) is 5.09. The predicted octanol–water partition coefficient (Wildman–Crippen LogP) is 2.40. The Morgan fingerprint density at radius 1 is 1.33 bits per heavy atom. The van der Waals surface area contributed by atoms with Crippen molar-refractivity contribution in [3.63, 3.8) is 0 Å². The smallest absolute Gasteiger partial charge is 0.226 e. The SMILES string of the molecule is CC(N)C1CCN(C(=O)C2CCCCC2(C)C)C1. The van der Waals surface area contributed by atoms with Gasteiger partial charge in [-0.15, -0.1) is 0 Å². The third kappa shape index (κ3) is 2.71. The van der Waals surface area contributed by atoms with Crippen LogP contribution >= 0.6 is 0 Å². The summed E-state index contributed by atoms with van der Waals surface area (Å²) in [6, 6.07) is 0.210. The van der Waals surface area contributed by atoms with Crippen LogP contribution in [0.2, 0.25) is 0 Å². The van der Waals surface area contributed by atoms with Gasteiger partial charge >= 0.3 is 0 Å². The lowest BCUT2D eigenvalue weighted by Crippen LogP contribution is -2.43. The molecule has 3 unspecified atom stereocenters. The van der Waals surface area contributed by atoms with Crippen molar-refractivity contribution in [2.75, 3.05) is 13.1 Å². The number of carbonyl (C=O) groups excluding carboxylic acids is 1. The van der Waals surface area contributed by atoms with Crippen molar-refractivity contribution < 1.29 is 4.79 Å². The maximum atomic E-state index is 12.7. The molecule has 1 amide bonds. The van der Waals surface area contributed by atoms with Gasteiger partial charge in [0.15, 0.2) is 0 Å². The molecule has 2 aliphatic rings. The second-order valence-electron chi connectivity index (χ2n) is 6.98. The van der Waals surface area contributed by atoms with E-state index in [-0.39, 0.29) is 17.4 Å². The Morgan fingerprint density at radius 3 is 2.61 bits per heavy atom. The maximum absolute atomic E-state index is 12.7. The van der Waals surface area contributed by atoms with Crippen molar-refractivity contribution in [1.82, 2.24) is 4.90 Å². The summed E-state index contributed by atoms with van der Waals surface area (Å²) in [6.07, 6.45) is 5.83. The Hall–Kier alpha value is -0.570. The topological polar surface area (TPSA) is 46.3 Å². The summed E-state index contributed by atoms with van der Waals surface area (Å²) >= 11 is 0. The minimum atomic E-state index is 0.182. The second-order valence-corrected chi connectivity index (χ2v) is 6.98. The molecule has 104 valence electrons. The number of rotatable bonds is 2. The molecular formula is C15H28N2O. The lowest BCUT2D eigenvalue weighted by molar-refractivity contribution is -0.140. The van der Waals surface area contributed by atoms with Crippen LogP contribution in [0.25, 0.3) is 0 Å². The Labute approximate surface area is 111 Å². The van der Waals surface area contributed by atoms with Gasteiger partial charge in [-0.2, -0.15) is 0 Å². The van der Waals surface area contributed by atoms with E-state index < -0.39 is 0 Å². The summed E-state index contributed by atoms with van der Waals surface area (Å²) in [5, 5.41) is 0. The minimum absolute atomic E-state index is 0.182. The molecule has 18 heavy (non-hydrogen) atoms. The first-order chi connectivity index (χ1) is 8.42. The van der Waals surface area contributed by atoms with Crippen LogP contribution in [0.1, 0.15) is 52.9 Å². The van der Waals surface area contributed by atoms with Gasteiger partial charge in [0.25, 0.3) is 0 Å². The quantitative estimate of drug-likeness (QED) is 0.820. The molecule has 0 aromatic rings. The fraction of sp³-hybridized carbons (Fsp3) is 0.933. The van der Waals surface area contributed by atoms with Crippen LogP contribution in [0.3, 0.4) is 0 Å². The Morgan fingerprint density at radius 2 is 2.06 bits per heavy atom. The zero-order valence-electron chi connectivity index (χ0n) is 12.1. The van der Waals surface area contributed by atoms with Gasteiger partial charge in [0.1, 0.15) is 0 Å². The van der Waals surface area contributed by atoms with Crippen molar-refractivity contribution >= 4 is 5.91 Å². The molecule has 1 heterocycles. The van der Waals surface area contributed by atoms with Crippen molar-refractivity contribution in [2.24, 2.45) is 23.0 Å². The zero-order chi connectivity index (χ0) is 13.3. The van der Waals surface area contributed by atoms with Crippen molar-refractivity contribution in [3.8, 4) is 0 Å². The molecular weight excluding hydrogens is 224 g/mol. The molecule has 0 bridgehead atoms. The largest absolute Gasteiger partial charge is 0.342 e. The number of hydrogen-bond acceptors (Lipinski definition) is 2. The van der Waals surface area contributed by atoms with E-state index in [9.17, 15) is 4.79 Å². The summed E-state index contributed by atoms with van der Waals surface area (Å²) in [5.74, 6) is 1.13. The number of nitrogens with zero attached hydrogens (tertiary/aromatic N) is 1. The van der Waals surface area contributed by atoms with Gasteiger partial charge < -0.3 is 10.6 Å². The molecule has 3 heteroatoms. The monoisotopic (exact) mass is 252 g/mol. The minimum Gasteiger partial charge on any atom is -0.342 e. The Kier molecular flexibility index (Phi) is 4.00. The standard InChI is InChI=1S/C15H28N2O/c1-11(16)12-7-9-17(10-12)14(18)13-6-4-5-8-15(13,2)3/h11-13H,4-10,16H2,1-3H3. The summed E-state index contributed by atoms with van der Waals surface area (Å²) in [4.78, 5) is 14.7. The van der Waals surface area contributed by atoms with E-state index in [1.807, 2.05) is 0 Å².